The molecule has 3 N–H and O–H groups in total. The summed E-state index contributed by atoms with van der Waals surface area (Å²) in [5.74, 6) is -0.279. The highest BCUT2D eigenvalue weighted by atomic mass is 35.5. The molecule has 0 saturated carbocycles. The number of halogens is 1. The van der Waals surface area contributed by atoms with Crippen LogP contribution in [-0.4, -0.2) is 34.8 Å². The third kappa shape index (κ3) is 4.78. The average Bonchev–Trinajstić information content (AvgIpc) is 3.11. The molecule has 0 unspecified atom stereocenters. The van der Waals surface area contributed by atoms with Crippen molar-refractivity contribution in [3.63, 3.8) is 0 Å². The van der Waals surface area contributed by atoms with Gasteiger partial charge in [-0.05, 0) is 37.5 Å². The summed E-state index contributed by atoms with van der Waals surface area (Å²) in [5.41, 5.74) is 7.04. The summed E-state index contributed by atoms with van der Waals surface area (Å²) in [5, 5.41) is 5.19. The summed E-state index contributed by atoms with van der Waals surface area (Å²) < 4.78 is 0. The van der Waals surface area contributed by atoms with Crippen molar-refractivity contribution in [2.75, 3.05) is 18.4 Å². The van der Waals surface area contributed by atoms with Gasteiger partial charge in [0.15, 0.2) is 0 Å². The van der Waals surface area contributed by atoms with Crippen LogP contribution in [0.2, 0.25) is 0 Å². The van der Waals surface area contributed by atoms with Crippen molar-refractivity contribution in [3.8, 4) is 0 Å². The van der Waals surface area contributed by atoms with Crippen LogP contribution in [-0.2, 0) is 6.54 Å². The first-order chi connectivity index (χ1) is 11.7. The van der Waals surface area contributed by atoms with E-state index in [1.165, 1.54) is 17.8 Å². The molecule has 3 rings (SSSR count). The van der Waals surface area contributed by atoms with E-state index in [-0.39, 0.29) is 24.2 Å². The van der Waals surface area contributed by atoms with Crippen LogP contribution in [0, 0.1) is 0 Å². The Balaban J connectivity index is 0.00000225. The number of nitrogens with one attached hydrogen (secondary N) is 1. The maximum Gasteiger partial charge on any atom is 0.275 e. The van der Waals surface area contributed by atoms with Gasteiger partial charge in [-0.15, -0.1) is 23.7 Å². The van der Waals surface area contributed by atoms with Gasteiger partial charge in [0.2, 0.25) is 0 Å². The molecule has 1 aromatic carbocycles. The molecule has 6 nitrogen and oxygen atoms in total. The molecule has 0 spiro atoms. The maximum absolute atomic E-state index is 12.5. The average molecular weight is 381 g/mol. The van der Waals surface area contributed by atoms with Gasteiger partial charge in [0.25, 0.3) is 11.8 Å². The number of likely N-dealkylation sites (tertiary alicyclic amines) is 1. The van der Waals surface area contributed by atoms with Crippen molar-refractivity contribution in [3.05, 3.63) is 45.9 Å². The Kier molecular flexibility index (Phi) is 6.92. The molecule has 1 saturated heterocycles. The standard InChI is InChI=1S/C17H20N4O2S.ClH/c18-10-15-20-14(11-24-15)16(22)19-13-6-4-5-12(9-13)17(23)21-7-2-1-3-8-21;/h4-6,9,11H,1-3,7-8,10,18H2,(H,19,22);1H. The Morgan fingerprint density at radius 1 is 1.24 bits per heavy atom. The predicted molar refractivity (Wildman–Crippen MR) is 101 cm³/mol. The van der Waals surface area contributed by atoms with Crippen molar-refractivity contribution in [2.45, 2.75) is 25.8 Å². The van der Waals surface area contributed by atoms with Gasteiger partial charge >= 0.3 is 0 Å². The molecule has 2 aromatic rings. The quantitative estimate of drug-likeness (QED) is 0.853. The van der Waals surface area contributed by atoms with Crippen molar-refractivity contribution in [2.24, 2.45) is 5.73 Å². The lowest BCUT2D eigenvalue weighted by molar-refractivity contribution is 0.0724. The number of aromatic nitrogens is 1. The molecule has 0 aliphatic carbocycles. The van der Waals surface area contributed by atoms with Crippen LogP contribution in [0.15, 0.2) is 29.6 Å². The van der Waals surface area contributed by atoms with Gasteiger partial charge in [-0.1, -0.05) is 6.07 Å². The van der Waals surface area contributed by atoms with Gasteiger partial charge in [0.05, 0.1) is 0 Å². The summed E-state index contributed by atoms with van der Waals surface area (Å²) in [4.78, 5) is 30.8. The summed E-state index contributed by atoms with van der Waals surface area (Å²) >= 11 is 1.36. The predicted octanol–water partition coefficient (Wildman–Crippen LogP) is 2.90. The van der Waals surface area contributed by atoms with E-state index in [9.17, 15) is 9.59 Å². The number of hydrogen-bond donors (Lipinski definition) is 2. The number of carbonyl (C=O) groups is 2. The van der Waals surface area contributed by atoms with Gasteiger partial charge in [-0.2, -0.15) is 0 Å². The Bertz CT molecular complexity index is 744. The largest absolute Gasteiger partial charge is 0.339 e. The summed E-state index contributed by atoms with van der Waals surface area (Å²) in [6, 6.07) is 7.03. The second-order valence-corrected chi connectivity index (χ2v) is 6.66. The van der Waals surface area contributed by atoms with E-state index in [0.29, 0.717) is 28.5 Å². The highest BCUT2D eigenvalue weighted by molar-refractivity contribution is 7.09. The van der Waals surface area contributed by atoms with E-state index in [2.05, 4.69) is 10.3 Å². The van der Waals surface area contributed by atoms with Gasteiger partial charge in [0.1, 0.15) is 10.7 Å². The Morgan fingerprint density at radius 3 is 2.68 bits per heavy atom. The van der Waals surface area contributed by atoms with Gasteiger partial charge in [-0.3, -0.25) is 9.59 Å². The minimum absolute atomic E-state index is 0. The Hall–Kier alpha value is -1.96. The summed E-state index contributed by atoms with van der Waals surface area (Å²) in [7, 11) is 0. The van der Waals surface area contributed by atoms with E-state index >= 15 is 0 Å². The first-order valence-corrected chi connectivity index (χ1v) is 8.90. The van der Waals surface area contributed by atoms with Crippen LogP contribution in [0.1, 0.15) is 45.1 Å². The molecule has 1 aliphatic rings. The Morgan fingerprint density at radius 2 is 2.00 bits per heavy atom. The normalized spacial score (nSPS) is 13.9. The number of hydrogen-bond acceptors (Lipinski definition) is 5. The first-order valence-electron chi connectivity index (χ1n) is 8.02. The topological polar surface area (TPSA) is 88.3 Å². The van der Waals surface area contributed by atoms with Crippen LogP contribution in [0.5, 0.6) is 0 Å². The van der Waals surface area contributed by atoms with Crippen LogP contribution in [0.25, 0.3) is 0 Å². The number of rotatable bonds is 4. The van der Waals surface area contributed by atoms with Crippen LogP contribution in [0.4, 0.5) is 5.69 Å². The molecule has 0 atom stereocenters. The highest BCUT2D eigenvalue weighted by Gasteiger charge is 2.18. The van der Waals surface area contributed by atoms with E-state index in [0.717, 1.165) is 25.9 Å². The Labute approximate surface area is 156 Å². The lowest BCUT2D eigenvalue weighted by atomic mass is 10.1. The van der Waals surface area contributed by atoms with Crippen LogP contribution >= 0.6 is 23.7 Å². The van der Waals surface area contributed by atoms with Gasteiger partial charge in [0, 0.05) is 36.3 Å². The second-order valence-electron chi connectivity index (χ2n) is 5.72. The molecule has 25 heavy (non-hydrogen) atoms. The molecule has 2 heterocycles. The van der Waals surface area contributed by atoms with Crippen molar-refractivity contribution in [1.29, 1.82) is 0 Å². The summed E-state index contributed by atoms with van der Waals surface area (Å²) in [6.45, 7) is 1.92. The number of nitrogens with zero attached hydrogens (tertiary/aromatic N) is 2. The fourth-order valence-corrected chi connectivity index (χ4v) is 3.37. The molecule has 1 fully saturated rings. The molecular formula is C17H21ClN4O2S. The SMILES string of the molecule is Cl.NCc1nc(C(=O)Nc2cccc(C(=O)N3CCCCC3)c2)cs1. The first kappa shape index (κ1) is 19.4. The van der Waals surface area contributed by atoms with E-state index < -0.39 is 0 Å². The minimum Gasteiger partial charge on any atom is -0.339 e. The van der Waals surface area contributed by atoms with E-state index in [1.807, 2.05) is 4.90 Å². The third-order valence-corrected chi connectivity index (χ3v) is 4.84. The molecule has 1 aliphatic heterocycles. The van der Waals surface area contributed by atoms with Crippen molar-refractivity contribution >= 4 is 41.2 Å². The molecule has 0 bridgehead atoms. The molecule has 134 valence electrons. The molecule has 2 amide bonds. The number of carbonyl (C=O) groups excluding carboxylic acids is 2. The molecular weight excluding hydrogens is 360 g/mol. The third-order valence-electron chi connectivity index (χ3n) is 3.97. The number of amides is 2. The zero-order valence-electron chi connectivity index (χ0n) is 13.7. The minimum atomic E-state index is -0.298. The van der Waals surface area contributed by atoms with Gasteiger partial charge in [-0.25, -0.2) is 4.98 Å². The molecule has 1 aromatic heterocycles. The zero-order valence-corrected chi connectivity index (χ0v) is 15.4. The highest BCUT2D eigenvalue weighted by Crippen LogP contribution is 2.17. The number of piperidine rings is 1. The number of nitrogens with two attached hydrogens (primary N) is 1. The lowest BCUT2D eigenvalue weighted by Crippen LogP contribution is -2.35. The van der Waals surface area contributed by atoms with Crippen molar-refractivity contribution in [1.82, 2.24) is 9.88 Å². The maximum atomic E-state index is 12.5. The van der Waals surface area contributed by atoms with E-state index in [4.69, 9.17) is 5.73 Å². The zero-order chi connectivity index (χ0) is 16.9. The van der Waals surface area contributed by atoms with Crippen LogP contribution in [0.3, 0.4) is 0 Å². The van der Waals surface area contributed by atoms with Gasteiger partial charge < -0.3 is 16.0 Å². The molecule has 0 radical (unpaired) electrons. The summed E-state index contributed by atoms with van der Waals surface area (Å²) in [6.07, 6.45) is 3.28. The van der Waals surface area contributed by atoms with Crippen molar-refractivity contribution < 1.29 is 9.59 Å². The molecule has 8 heteroatoms. The second kappa shape index (κ2) is 8.94. The monoisotopic (exact) mass is 380 g/mol. The fraction of sp³-hybridized carbons (Fsp3) is 0.353. The lowest BCUT2D eigenvalue weighted by Gasteiger charge is -2.26. The number of thiazole rings is 1. The number of benzene rings is 1. The van der Waals surface area contributed by atoms with E-state index in [1.54, 1.807) is 29.6 Å². The number of anilines is 1. The van der Waals surface area contributed by atoms with Crippen LogP contribution < -0.4 is 11.1 Å². The fourth-order valence-electron chi connectivity index (χ4n) is 2.71. The smallest absolute Gasteiger partial charge is 0.275 e.